The molecule has 0 saturated heterocycles. The van der Waals surface area contributed by atoms with E-state index < -0.39 is 10.0 Å². The van der Waals surface area contributed by atoms with E-state index in [-0.39, 0.29) is 17.3 Å². The van der Waals surface area contributed by atoms with Crippen molar-refractivity contribution in [2.24, 2.45) is 0 Å². The second-order valence-electron chi connectivity index (χ2n) is 5.21. The van der Waals surface area contributed by atoms with E-state index in [0.717, 1.165) is 4.31 Å². The molecule has 25 heavy (non-hydrogen) atoms. The highest BCUT2D eigenvalue weighted by atomic mass is 32.2. The first-order valence-electron chi connectivity index (χ1n) is 8.06. The van der Waals surface area contributed by atoms with Crippen LogP contribution in [0.2, 0.25) is 0 Å². The number of para-hydroxylation sites is 1. The van der Waals surface area contributed by atoms with E-state index in [1.165, 1.54) is 12.1 Å². The van der Waals surface area contributed by atoms with Gasteiger partial charge in [0, 0.05) is 6.54 Å². The van der Waals surface area contributed by atoms with Crippen LogP contribution in [0, 0.1) is 0 Å². The Morgan fingerprint density at radius 3 is 2.24 bits per heavy atom. The number of carbonyl (C=O) groups is 1. The molecule has 2 aromatic rings. The number of carbonyl (C=O) groups excluding carboxylic acids is 1. The number of ether oxygens (including phenoxy) is 1. The van der Waals surface area contributed by atoms with Gasteiger partial charge in [-0.1, -0.05) is 18.2 Å². The molecule has 2 rings (SSSR count). The van der Waals surface area contributed by atoms with Crippen LogP contribution in [-0.2, 0) is 14.8 Å². The maximum Gasteiger partial charge on any atom is 0.264 e. The Hall–Kier alpha value is -2.54. The Morgan fingerprint density at radius 2 is 1.68 bits per heavy atom. The summed E-state index contributed by atoms with van der Waals surface area (Å²) in [4.78, 5) is 12.1. The zero-order chi connectivity index (χ0) is 18.3. The lowest BCUT2D eigenvalue weighted by molar-refractivity contribution is -0.119. The highest BCUT2D eigenvalue weighted by Crippen LogP contribution is 2.24. The van der Waals surface area contributed by atoms with E-state index in [2.05, 4.69) is 5.32 Å². The number of nitrogens with zero attached hydrogens (tertiary/aromatic N) is 1. The smallest absolute Gasteiger partial charge is 0.264 e. The largest absolute Gasteiger partial charge is 0.494 e. The number of rotatable bonds is 8. The molecule has 0 spiro atoms. The number of sulfonamides is 1. The Balaban J connectivity index is 2.38. The SMILES string of the molecule is CCNC(=O)CN(c1ccccc1)S(=O)(=O)c1ccc(OCC)cc1. The summed E-state index contributed by atoms with van der Waals surface area (Å²) < 4.78 is 32.5. The van der Waals surface area contributed by atoms with Crippen LogP contribution in [0.5, 0.6) is 5.75 Å². The number of benzene rings is 2. The first-order valence-corrected chi connectivity index (χ1v) is 9.50. The number of amides is 1. The number of anilines is 1. The van der Waals surface area contributed by atoms with E-state index in [9.17, 15) is 13.2 Å². The van der Waals surface area contributed by atoms with E-state index in [4.69, 9.17) is 4.74 Å². The van der Waals surface area contributed by atoms with Crippen molar-refractivity contribution in [1.29, 1.82) is 0 Å². The van der Waals surface area contributed by atoms with Crippen LogP contribution in [0.1, 0.15) is 13.8 Å². The summed E-state index contributed by atoms with van der Waals surface area (Å²) >= 11 is 0. The van der Waals surface area contributed by atoms with Crippen molar-refractivity contribution in [2.75, 3.05) is 24.0 Å². The molecular formula is C18H22N2O4S. The molecule has 1 N–H and O–H groups in total. The number of likely N-dealkylation sites (N-methyl/N-ethyl adjacent to an activating group) is 1. The summed E-state index contributed by atoms with van der Waals surface area (Å²) in [5.41, 5.74) is 0.433. The maximum atomic E-state index is 13.0. The predicted molar refractivity (Wildman–Crippen MR) is 97.3 cm³/mol. The molecule has 7 heteroatoms. The molecule has 1 amide bonds. The predicted octanol–water partition coefficient (Wildman–Crippen LogP) is 2.42. The molecule has 0 atom stereocenters. The Kier molecular flexibility index (Phi) is 6.41. The van der Waals surface area contributed by atoms with Gasteiger partial charge in [-0.2, -0.15) is 0 Å². The zero-order valence-electron chi connectivity index (χ0n) is 14.3. The van der Waals surface area contributed by atoms with E-state index in [1.54, 1.807) is 49.4 Å². The Bertz CT molecular complexity index is 790. The van der Waals surface area contributed by atoms with Crippen LogP contribution in [0.25, 0.3) is 0 Å². The van der Waals surface area contributed by atoms with Gasteiger partial charge in [0.2, 0.25) is 5.91 Å². The van der Waals surface area contributed by atoms with Gasteiger partial charge in [-0.15, -0.1) is 0 Å². The van der Waals surface area contributed by atoms with Crippen LogP contribution in [-0.4, -0.2) is 34.0 Å². The minimum atomic E-state index is -3.88. The first kappa shape index (κ1) is 18.8. The molecule has 0 bridgehead atoms. The Labute approximate surface area is 148 Å². The monoisotopic (exact) mass is 362 g/mol. The summed E-state index contributed by atoms with van der Waals surface area (Å²) in [7, 11) is -3.88. The van der Waals surface area contributed by atoms with Crippen molar-refractivity contribution < 1.29 is 17.9 Å². The fraction of sp³-hybridized carbons (Fsp3) is 0.278. The summed E-state index contributed by atoms with van der Waals surface area (Å²) in [5.74, 6) is 0.234. The lowest BCUT2D eigenvalue weighted by Crippen LogP contribution is -2.40. The summed E-state index contributed by atoms with van der Waals surface area (Å²) in [6, 6.07) is 14.7. The minimum Gasteiger partial charge on any atom is -0.494 e. The van der Waals surface area contributed by atoms with Gasteiger partial charge in [0.25, 0.3) is 10.0 Å². The van der Waals surface area contributed by atoms with Gasteiger partial charge < -0.3 is 10.1 Å². The lowest BCUT2D eigenvalue weighted by atomic mass is 10.3. The van der Waals surface area contributed by atoms with Crippen molar-refractivity contribution in [3.63, 3.8) is 0 Å². The van der Waals surface area contributed by atoms with Crippen LogP contribution in [0.4, 0.5) is 5.69 Å². The molecule has 2 aromatic carbocycles. The lowest BCUT2D eigenvalue weighted by Gasteiger charge is -2.24. The molecule has 0 saturated carbocycles. The van der Waals surface area contributed by atoms with Crippen molar-refractivity contribution in [1.82, 2.24) is 5.32 Å². The molecule has 0 aromatic heterocycles. The molecule has 6 nitrogen and oxygen atoms in total. The molecular weight excluding hydrogens is 340 g/mol. The van der Waals surface area contributed by atoms with Crippen molar-refractivity contribution in [3.8, 4) is 5.75 Å². The van der Waals surface area contributed by atoms with Gasteiger partial charge in [-0.3, -0.25) is 9.10 Å². The second-order valence-corrected chi connectivity index (χ2v) is 7.07. The Morgan fingerprint density at radius 1 is 1.04 bits per heavy atom. The number of nitrogens with one attached hydrogen (secondary N) is 1. The quantitative estimate of drug-likeness (QED) is 0.782. The summed E-state index contributed by atoms with van der Waals surface area (Å²) in [6.07, 6.45) is 0. The van der Waals surface area contributed by atoms with Gasteiger partial charge in [-0.25, -0.2) is 8.42 Å². The van der Waals surface area contributed by atoms with Gasteiger partial charge in [0.15, 0.2) is 0 Å². The standard InChI is InChI=1S/C18H22N2O4S/c1-3-19-18(21)14-20(15-8-6-5-7-9-15)25(22,23)17-12-10-16(11-13-17)24-4-2/h5-13H,3-4,14H2,1-2H3,(H,19,21). The first-order chi connectivity index (χ1) is 12.0. The van der Waals surface area contributed by atoms with Crippen LogP contribution in [0.3, 0.4) is 0 Å². The highest BCUT2D eigenvalue weighted by Gasteiger charge is 2.27. The molecule has 0 aliphatic heterocycles. The molecule has 0 radical (unpaired) electrons. The minimum absolute atomic E-state index is 0.101. The van der Waals surface area contributed by atoms with E-state index >= 15 is 0 Å². The van der Waals surface area contributed by atoms with Crippen LogP contribution < -0.4 is 14.4 Å². The van der Waals surface area contributed by atoms with Crippen molar-refractivity contribution in [2.45, 2.75) is 18.7 Å². The highest BCUT2D eigenvalue weighted by molar-refractivity contribution is 7.92. The third-order valence-electron chi connectivity index (χ3n) is 3.43. The topological polar surface area (TPSA) is 75.7 Å². The zero-order valence-corrected chi connectivity index (χ0v) is 15.1. The average Bonchev–Trinajstić information content (AvgIpc) is 2.61. The third-order valence-corrected chi connectivity index (χ3v) is 5.22. The number of hydrogen-bond acceptors (Lipinski definition) is 4. The fourth-order valence-electron chi connectivity index (χ4n) is 2.29. The van der Waals surface area contributed by atoms with Crippen LogP contribution >= 0.6 is 0 Å². The molecule has 0 heterocycles. The van der Waals surface area contributed by atoms with Crippen molar-refractivity contribution in [3.05, 3.63) is 54.6 Å². The maximum absolute atomic E-state index is 13.0. The van der Waals surface area contributed by atoms with Crippen LogP contribution in [0.15, 0.2) is 59.5 Å². The molecule has 0 aliphatic rings. The molecule has 0 unspecified atom stereocenters. The molecule has 134 valence electrons. The fourth-order valence-corrected chi connectivity index (χ4v) is 3.72. The van der Waals surface area contributed by atoms with Gasteiger partial charge in [-0.05, 0) is 50.2 Å². The van der Waals surface area contributed by atoms with Crippen molar-refractivity contribution >= 4 is 21.6 Å². The van der Waals surface area contributed by atoms with E-state index in [0.29, 0.717) is 24.6 Å². The summed E-state index contributed by atoms with van der Waals surface area (Å²) in [5, 5.41) is 2.63. The van der Waals surface area contributed by atoms with Gasteiger partial charge >= 0.3 is 0 Å². The molecule has 0 fully saturated rings. The second kappa shape index (κ2) is 8.53. The van der Waals surface area contributed by atoms with E-state index in [1.807, 2.05) is 6.92 Å². The number of hydrogen-bond donors (Lipinski definition) is 1. The van der Waals surface area contributed by atoms with Gasteiger partial charge in [0.1, 0.15) is 12.3 Å². The summed E-state index contributed by atoms with van der Waals surface area (Å²) in [6.45, 7) is 4.29. The normalized spacial score (nSPS) is 11.0. The average molecular weight is 362 g/mol. The van der Waals surface area contributed by atoms with Gasteiger partial charge in [0.05, 0.1) is 17.2 Å². The third kappa shape index (κ3) is 4.73. The molecule has 0 aliphatic carbocycles.